The van der Waals surface area contributed by atoms with Crippen LogP contribution in [0.25, 0.3) is 0 Å². The second-order valence-corrected chi connectivity index (χ2v) is 9.01. The van der Waals surface area contributed by atoms with Crippen LogP contribution in [0.15, 0.2) is 23.1 Å². The summed E-state index contributed by atoms with van der Waals surface area (Å²) in [6.07, 6.45) is 3.52. The Labute approximate surface area is 165 Å². The van der Waals surface area contributed by atoms with E-state index in [1.54, 1.807) is 19.1 Å². The van der Waals surface area contributed by atoms with Gasteiger partial charge in [-0.15, -0.1) is 0 Å². The summed E-state index contributed by atoms with van der Waals surface area (Å²) in [5.41, 5.74) is 0.965. The van der Waals surface area contributed by atoms with Gasteiger partial charge >= 0.3 is 5.97 Å². The zero-order chi connectivity index (χ0) is 20.1. The van der Waals surface area contributed by atoms with E-state index < -0.39 is 34.6 Å². The molecule has 9 heteroatoms. The molecule has 0 aliphatic carbocycles. The number of rotatable bonds is 6. The Bertz CT molecular complexity index is 827. The molecule has 0 aromatic heterocycles. The molecule has 0 radical (unpaired) electrons. The van der Waals surface area contributed by atoms with Crippen molar-refractivity contribution in [3.05, 3.63) is 23.8 Å². The van der Waals surface area contributed by atoms with Gasteiger partial charge in [-0.1, -0.05) is 12.5 Å². The van der Waals surface area contributed by atoms with Gasteiger partial charge in [0.15, 0.2) is 12.7 Å². The summed E-state index contributed by atoms with van der Waals surface area (Å²) in [6, 6.07) is 4.74. The molecule has 3 rings (SSSR count). The summed E-state index contributed by atoms with van der Waals surface area (Å²) in [7, 11) is -3.61. The lowest BCUT2D eigenvalue weighted by atomic mass is 10.2. The molecular formula is C19H26N2O6S. The van der Waals surface area contributed by atoms with Crippen LogP contribution < -0.4 is 5.32 Å². The SMILES string of the molecule is Cc1ccc(NC(=O)COC(=O)[C@H]2CCCO2)cc1S(=O)(=O)N1CCCCC1. The molecule has 0 spiro atoms. The normalized spacial score (nSPS) is 20.7. The van der Waals surface area contributed by atoms with Crippen molar-refractivity contribution in [2.75, 3.05) is 31.6 Å². The van der Waals surface area contributed by atoms with Crippen molar-refractivity contribution in [2.24, 2.45) is 0 Å². The number of esters is 1. The minimum atomic E-state index is -3.61. The van der Waals surface area contributed by atoms with E-state index >= 15 is 0 Å². The summed E-state index contributed by atoms with van der Waals surface area (Å²) in [4.78, 5) is 24.1. The van der Waals surface area contributed by atoms with Crippen LogP contribution in [0, 0.1) is 6.92 Å². The van der Waals surface area contributed by atoms with Gasteiger partial charge in [0, 0.05) is 25.4 Å². The van der Waals surface area contributed by atoms with Crippen LogP contribution in [0.5, 0.6) is 0 Å². The highest BCUT2D eigenvalue weighted by atomic mass is 32.2. The number of benzene rings is 1. The van der Waals surface area contributed by atoms with E-state index in [4.69, 9.17) is 9.47 Å². The van der Waals surface area contributed by atoms with Gasteiger partial charge in [0.2, 0.25) is 10.0 Å². The fourth-order valence-electron chi connectivity index (χ4n) is 3.39. The first kappa shape index (κ1) is 20.8. The average molecular weight is 410 g/mol. The van der Waals surface area contributed by atoms with Crippen molar-refractivity contribution in [3.8, 4) is 0 Å². The Morgan fingerprint density at radius 1 is 1.21 bits per heavy atom. The average Bonchev–Trinajstić information content (AvgIpc) is 3.23. The maximum absolute atomic E-state index is 12.9. The number of carbonyl (C=O) groups is 2. The number of piperidine rings is 1. The molecule has 2 aliphatic heterocycles. The Balaban J connectivity index is 1.63. The molecule has 0 unspecified atom stereocenters. The van der Waals surface area contributed by atoms with E-state index in [0.29, 0.717) is 37.4 Å². The highest BCUT2D eigenvalue weighted by Gasteiger charge is 2.28. The minimum absolute atomic E-state index is 0.184. The molecule has 1 amide bonds. The molecule has 0 saturated carbocycles. The molecule has 154 valence electrons. The number of hydrogen-bond acceptors (Lipinski definition) is 6. The molecule has 1 atom stereocenters. The van der Waals surface area contributed by atoms with Crippen LogP contribution in [-0.4, -0.2) is 57.0 Å². The third-order valence-corrected chi connectivity index (χ3v) is 6.98. The van der Waals surface area contributed by atoms with Gasteiger partial charge in [-0.3, -0.25) is 4.79 Å². The number of ether oxygens (including phenoxy) is 2. The third-order valence-electron chi connectivity index (χ3n) is 4.94. The third kappa shape index (κ3) is 4.89. The lowest BCUT2D eigenvalue weighted by molar-refractivity contribution is -0.156. The standard InChI is InChI=1S/C19H26N2O6S/c1-14-7-8-15(12-17(14)28(24,25)21-9-3-2-4-10-21)20-18(22)13-27-19(23)16-6-5-11-26-16/h7-8,12,16H,2-6,9-11,13H2,1H3,(H,20,22)/t16-/m1/s1. The molecule has 0 bridgehead atoms. The van der Waals surface area contributed by atoms with Crippen molar-refractivity contribution in [2.45, 2.75) is 50.0 Å². The van der Waals surface area contributed by atoms with E-state index in [1.165, 1.54) is 10.4 Å². The Hall–Kier alpha value is -1.97. The number of sulfonamides is 1. The molecular weight excluding hydrogens is 384 g/mol. The van der Waals surface area contributed by atoms with E-state index in [1.807, 2.05) is 0 Å². The first-order chi connectivity index (χ1) is 13.4. The second-order valence-electron chi connectivity index (χ2n) is 7.10. The van der Waals surface area contributed by atoms with Crippen LogP contribution in [0.3, 0.4) is 0 Å². The van der Waals surface area contributed by atoms with Gasteiger partial charge in [0.1, 0.15) is 0 Å². The molecule has 2 saturated heterocycles. The number of anilines is 1. The fraction of sp³-hybridized carbons (Fsp3) is 0.579. The van der Waals surface area contributed by atoms with Crippen LogP contribution in [0.4, 0.5) is 5.69 Å². The molecule has 2 aliphatic rings. The first-order valence-electron chi connectivity index (χ1n) is 9.57. The summed E-state index contributed by atoms with van der Waals surface area (Å²) in [6.45, 7) is 2.82. The molecule has 1 aromatic rings. The summed E-state index contributed by atoms with van der Waals surface area (Å²) in [5.74, 6) is -1.08. The lowest BCUT2D eigenvalue weighted by Crippen LogP contribution is -2.36. The predicted molar refractivity (Wildman–Crippen MR) is 102 cm³/mol. The molecule has 8 nitrogen and oxygen atoms in total. The molecule has 1 N–H and O–H groups in total. The van der Waals surface area contributed by atoms with Gasteiger partial charge in [-0.2, -0.15) is 4.31 Å². The predicted octanol–water partition coefficient (Wildman–Crippen LogP) is 1.83. The largest absolute Gasteiger partial charge is 0.454 e. The van der Waals surface area contributed by atoms with Gasteiger partial charge in [0.25, 0.3) is 5.91 Å². The van der Waals surface area contributed by atoms with Crippen molar-refractivity contribution in [1.82, 2.24) is 4.31 Å². The van der Waals surface area contributed by atoms with E-state index in [0.717, 1.165) is 25.7 Å². The van der Waals surface area contributed by atoms with Gasteiger partial charge in [0.05, 0.1) is 4.90 Å². The van der Waals surface area contributed by atoms with Crippen molar-refractivity contribution < 1.29 is 27.5 Å². The number of hydrogen-bond donors (Lipinski definition) is 1. The lowest BCUT2D eigenvalue weighted by Gasteiger charge is -2.26. The molecule has 28 heavy (non-hydrogen) atoms. The number of carbonyl (C=O) groups excluding carboxylic acids is 2. The summed E-state index contributed by atoms with van der Waals surface area (Å²) >= 11 is 0. The zero-order valence-corrected chi connectivity index (χ0v) is 16.8. The highest BCUT2D eigenvalue weighted by Crippen LogP contribution is 2.26. The minimum Gasteiger partial charge on any atom is -0.454 e. The smallest absolute Gasteiger partial charge is 0.335 e. The van der Waals surface area contributed by atoms with Crippen LogP contribution >= 0.6 is 0 Å². The van der Waals surface area contributed by atoms with Crippen LogP contribution in [0.1, 0.15) is 37.7 Å². The van der Waals surface area contributed by atoms with E-state index in [-0.39, 0.29) is 4.90 Å². The number of nitrogens with one attached hydrogen (secondary N) is 1. The number of aryl methyl sites for hydroxylation is 1. The first-order valence-corrected chi connectivity index (χ1v) is 11.0. The van der Waals surface area contributed by atoms with E-state index in [2.05, 4.69) is 5.32 Å². The quantitative estimate of drug-likeness (QED) is 0.718. The second kappa shape index (κ2) is 9.02. The van der Waals surface area contributed by atoms with Gasteiger partial charge < -0.3 is 14.8 Å². The highest BCUT2D eigenvalue weighted by molar-refractivity contribution is 7.89. The van der Waals surface area contributed by atoms with Crippen molar-refractivity contribution in [1.29, 1.82) is 0 Å². The van der Waals surface area contributed by atoms with Crippen molar-refractivity contribution >= 4 is 27.6 Å². The summed E-state index contributed by atoms with van der Waals surface area (Å²) < 4.78 is 37.6. The van der Waals surface area contributed by atoms with E-state index in [9.17, 15) is 18.0 Å². The Morgan fingerprint density at radius 3 is 2.64 bits per heavy atom. The zero-order valence-electron chi connectivity index (χ0n) is 16.0. The van der Waals surface area contributed by atoms with Crippen molar-refractivity contribution in [3.63, 3.8) is 0 Å². The van der Waals surface area contributed by atoms with Crippen LogP contribution in [0.2, 0.25) is 0 Å². The Kier molecular flexibility index (Phi) is 6.69. The molecule has 1 aromatic carbocycles. The maximum Gasteiger partial charge on any atom is 0.335 e. The monoisotopic (exact) mass is 410 g/mol. The Morgan fingerprint density at radius 2 is 1.96 bits per heavy atom. The maximum atomic E-state index is 12.9. The number of amides is 1. The van der Waals surface area contributed by atoms with Gasteiger partial charge in [-0.05, 0) is 50.3 Å². The van der Waals surface area contributed by atoms with Gasteiger partial charge in [-0.25, -0.2) is 13.2 Å². The number of nitrogens with zero attached hydrogens (tertiary/aromatic N) is 1. The summed E-state index contributed by atoms with van der Waals surface area (Å²) in [5, 5.41) is 2.59. The molecule has 2 heterocycles. The molecule has 2 fully saturated rings. The van der Waals surface area contributed by atoms with Crippen LogP contribution in [-0.2, 0) is 29.1 Å². The topological polar surface area (TPSA) is 102 Å². The fourth-order valence-corrected chi connectivity index (χ4v) is 5.16.